The molecule has 4 rings (SSSR count). The average molecular weight is 442 g/mol. The van der Waals surface area contributed by atoms with Crippen LogP contribution in [-0.4, -0.2) is 36.6 Å². The van der Waals surface area contributed by atoms with E-state index in [1.165, 1.54) is 7.11 Å². The van der Waals surface area contributed by atoms with E-state index in [-0.39, 0.29) is 17.4 Å². The molecule has 0 aromatic heterocycles. The number of benzene rings is 2. The highest BCUT2D eigenvalue weighted by Crippen LogP contribution is 2.51. The van der Waals surface area contributed by atoms with Crippen molar-refractivity contribution in [2.24, 2.45) is 0 Å². The quantitative estimate of drug-likeness (QED) is 0.420. The molecule has 8 nitrogen and oxygen atoms in total. The minimum atomic E-state index is -1.50. The second-order valence-electron chi connectivity index (χ2n) is 7.52. The number of anilines is 1. The first kappa shape index (κ1) is 21.0. The number of carbonyl (C=O) groups is 1. The van der Waals surface area contributed by atoms with E-state index in [0.29, 0.717) is 22.6 Å². The summed E-state index contributed by atoms with van der Waals surface area (Å²) in [4.78, 5) is 25.1. The van der Waals surface area contributed by atoms with E-state index in [9.17, 15) is 14.9 Å². The molecule has 1 saturated heterocycles. The number of rotatable bonds is 5. The molecule has 2 N–H and O–H groups in total. The Kier molecular flexibility index (Phi) is 5.25. The number of fused-ring (bicyclic) bond motifs is 2. The van der Waals surface area contributed by atoms with Crippen molar-refractivity contribution in [3.8, 4) is 23.8 Å². The van der Waals surface area contributed by atoms with Crippen LogP contribution < -0.4 is 20.1 Å². The molecule has 31 heavy (non-hydrogen) atoms. The van der Waals surface area contributed by atoms with E-state index in [4.69, 9.17) is 27.5 Å². The zero-order valence-corrected chi connectivity index (χ0v) is 17.6. The van der Waals surface area contributed by atoms with E-state index in [2.05, 4.69) is 16.6 Å². The predicted molar refractivity (Wildman–Crippen MR) is 115 cm³/mol. The van der Waals surface area contributed by atoms with Gasteiger partial charge in [0.15, 0.2) is 17.0 Å². The minimum Gasteiger partial charge on any atom is -0.493 e. The Hall–Kier alpha value is -3.28. The molecule has 2 aromatic rings. The zero-order chi connectivity index (χ0) is 22.3. The molecule has 4 atom stereocenters. The number of hydrogen-bond acceptors (Lipinski definition) is 6. The summed E-state index contributed by atoms with van der Waals surface area (Å²) in [7, 11) is 1.45. The van der Waals surface area contributed by atoms with Crippen LogP contribution in [0.4, 0.5) is 5.69 Å². The summed E-state index contributed by atoms with van der Waals surface area (Å²) in [6, 6.07) is 8.56. The van der Waals surface area contributed by atoms with Crippen molar-refractivity contribution in [1.29, 1.82) is 0 Å². The molecule has 1 fully saturated rings. The lowest BCUT2D eigenvalue weighted by Crippen LogP contribution is -2.54. The number of nitro groups is 1. The van der Waals surface area contributed by atoms with Crippen molar-refractivity contribution in [2.75, 3.05) is 19.0 Å². The van der Waals surface area contributed by atoms with Crippen molar-refractivity contribution in [2.45, 2.75) is 30.5 Å². The van der Waals surface area contributed by atoms with Crippen LogP contribution in [0.15, 0.2) is 36.4 Å². The van der Waals surface area contributed by atoms with Gasteiger partial charge in [-0.3, -0.25) is 20.2 Å². The largest absolute Gasteiger partial charge is 0.493 e. The van der Waals surface area contributed by atoms with Crippen LogP contribution in [-0.2, 0) is 10.3 Å². The third-order valence-electron chi connectivity index (χ3n) is 5.90. The molecule has 2 heterocycles. The van der Waals surface area contributed by atoms with Crippen LogP contribution in [0, 0.1) is 22.5 Å². The minimum absolute atomic E-state index is 0.00555. The van der Waals surface area contributed by atoms with Crippen LogP contribution in [0.1, 0.15) is 24.0 Å². The number of amides is 1. The highest BCUT2D eigenvalue weighted by Gasteiger charge is 2.67. The number of nitrogens with one attached hydrogen (secondary N) is 2. The van der Waals surface area contributed by atoms with Gasteiger partial charge in [-0.1, -0.05) is 35.7 Å². The Balaban J connectivity index is 1.85. The number of halogens is 1. The Morgan fingerprint density at radius 2 is 2.10 bits per heavy atom. The number of para-hydroxylation sites is 1. The van der Waals surface area contributed by atoms with Crippen LogP contribution in [0.3, 0.4) is 0 Å². The Labute approximate surface area is 184 Å². The van der Waals surface area contributed by atoms with Gasteiger partial charge in [0.05, 0.1) is 18.1 Å². The molecule has 0 radical (unpaired) electrons. The van der Waals surface area contributed by atoms with Gasteiger partial charge in [-0.25, -0.2) is 0 Å². The second-order valence-corrected chi connectivity index (χ2v) is 7.93. The highest BCUT2D eigenvalue weighted by atomic mass is 35.5. The van der Waals surface area contributed by atoms with Gasteiger partial charge in [0.1, 0.15) is 6.61 Å². The number of ether oxygens (including phenoxy) is 2. The highest BCUT2D eigenvalue weighted by molar-refractivity contribution is 6.32. The number of methoxy groups -OCH3 is 1. The molecule has 0 bridgehead atoms. The molecular formula is C22H20ClN3O5. The van der Waals surface area contributed by atoms with Crippen LogP contribution in [0.2, 0.25) is 5.02 Å². The van der Waals surface area contributed by atoms with Crippen molar-refractivity contribution >= 4 is 23.2 Å². The molecular weight excluding hydrogens is 422 g/mol. The maximum absolute atomic E-state index is 13.1. The maximum atomic E-state index is 13.1. The van der Waals surface area contributed by atoms with Crippen molar-refractivity contribution in [3.05, 3.63) is 62.7 Å². The third-order valence-corrected chi connectivity index (χ3v) is 6.18. The van der Waals surface area contributed by atoms with Crippen molar-refractivity contribution < 1.29 is 19.2 Å². The first-order valence-electron chi connectivity index (χ1n) is 9.61. The zero-order valence-electron chi connectivity index (χ0n) is 16.8. The van der Waals surface area contributed by atoms with Gasteiger partial charge >= 0.3 is 0 Å². The summed E-state index contributed by atoms with van der Waals surface area (Å²) < 4.78 is 10.9. The Bertz CT molecular complexity index is 1110. The summed E-state index contributed by atoms with van der Waals surface area (Å²) in [5.41, 5.74) is 0.185. The van der Waals surface area contributed by atoms with Gasteiger partial charge in [-0.2, -0.15) is 0 Å². The molecule has 0 aliphatic carbocycles. The lowest BCUT2D eigenvalue weighted by Gasteiger charge is -2.25. The second kappa shape index (κ2) is 7.76. The molecule has 1 amide bonds. The fraction of sp³-hybridized carbons (Fsp3) is 0.318. The van der Waals surface area contributed by atoms with Crippen LogP contribution in [0.25, 0.3) is 0 Å². The predicted octanol–water partition coefficient (Wildman–Crippen LogP) is 2.93. The number of nitrogens with zero attached hydrogens (tertiary/aromatic N) is 1. The summed E-state index contributed by atoms with van der Waals surface area (Å²) in [6.07, 6.45) is 5.26. The fourth-order valence-corrected chi connectivity index (χ4v) is 5.01. The number of hydrogen-bond donors (Lipinski definition) is 2. The van der Waals surface area contributed by atoms with Gasteiger partial charge in [0.25, 0.3) is 11.9 Å². The van der Waals surface area contributed by atoms with E-state index in [1.54, 1.807) is 36.4 Å². The van der Waals surface area contributed by atoms with Gasteiger partial charge < -0.3 is 14.8 Å². The van der Waals surface area contributed by atoms with Gasteiger partial charge in [-0.05, 0) is 30.7 Å². The first-order chi connectivity index (χ1) is 14.8. The molecule has 2 aliphatic heterocycles. The first-order valence-corrected chi connectivity index (χ1v) is 9.98. The van der Waals surface area contributed by atoms with Crippen LogP contribution >= 0.6 is 11.6 Å². The smallest absolute Gasteiger partial charge is 0.256 e. The van der Waals surface area contributed by atoms with E-state index in [1.807, 2.05) is 6.92 Å². The molecule has 160 valence electrons. The lowest BCUT2D eigenvalue weighted by molar-refractivity contribution is -0.532. The number of terminal acetylenes is 1. The normalized spacial score (nSPS) is 26.3. The van der Waals surface area contributed by atoms with Gasteiger partial charge in [-0.15, -0.1) is 6.42 Å². The van der Waals surface area contributed by atoms with E-state index < -0.39 is 34.4 Å². The average Bonchev–Trinajstić information content (AvgIpc) is 3.21. The molecule has 0 saturated carbocycles. The molecule has 1 spiro atoms. The maximum Gasteiger partial charge on any atom is 0.256 e. The summed E-state index contributed by atoms with van der Waals surface area (Å²) in [6.45, 7) is 1.81. The summed E-state index contributed by atoms with van der Waals surface area (Å²) in [5, 5.41) is 18.6. The molecule has 2 aromatic carbocycles. The van der Waals surface area contributed by atoms with Gasteiger partial charge in [0, 0.05) is 22.2 Å². The fourth-order valence-electron chi connectivity index (χ4n) is 4.74. The summed E-state index contributed by atoms with van der Waals surface area (Å²) in [5.74, 6) is 1.82. The SMILES string of the molecule is C#CCOc1c(Cl)cc([C@@H]2[C@H](C)N[C@@]3(C(=O)Nc4ccccc43)[C@H]2[N+](=O)[O-])cc1OC. The Morgan fingerprint density at radius 1 is 1.35 bits per heavy atom. The molecule has 0 unspecified atom stereocenters. The van der Waals surface area contributed by atoms with Gasteiger partial charge in [0.2, 0.25) is 0 Å². The van der Waals surface area contributed by atoms with Crippen molar-refractivity contribution in [3.63, 3.8) is 0 Å². The number of carbonyl (C=O) groups excluding carboxylic acids is 1. The van der Waals surface area contributed by atoms with E-state index in [0.717, 1.165) is 0 Å². The topological polar surface area (TPSA) is 103 Å². The summed E-state index contributed by atoms with van der Waals surface area (Å²) >= 11 is 6.42. The third kappa shape index (κ3) is 3.09. The van der Waals surface area contributed by atoms with Crippen LogP contribution in [0.5, 0.6) is 11.5 Å². The standard InChI is InChI=1S/C22H20ClN3O5/c1-4-9-31-19-15(23)10-13(11-17(19)30-3)18-12(2)25-22(20(18)26(28)29)14-7-5-6-8-16(14)24-21(22)27/h1,5-8,10-12,18,20,25H,9H2,2-3H3,(H,24,27)/t12-,18-,20-,22+/m0/s1. The Morgan fingerprint density at radius 3 is 2.77 bits per heavy atom. The van der Waals surface area contributed by atoms with Crippen molar-refractivity contribution in [1.82, 2.24) is 5.32 Å². The lowest BCUT2D eigenvalue weighted by atomic mass is 9.78. The molecule has 9 heteroatoms. The molecule has 2 aliphatic rings. The monoisotopic (exact) mass is 441 g/mol. The van der Waals surface area contributed by atoms with E-state index >= 15 is 0 Å².